The number of aromatic hydroxyl groups is 1. The number of allylic oxidation sites excluding steroid dienone is 1. The molecule has 0 bridgehead atoms. The van der Waals surface area contributed by atoms with E-state index < -0.39 is 18.2 Å². The molecule has 1 aromatic rings. The first-order chi connectivity index (χ1) is 11.0. The number of carbonyl (C=O) groups excluding carboxylic acids is 2. The number of esters is 1. The predicted molar refractivity (Wildman–Crippen MR) is 85.2 cm³/mol. The second-order valence-electron chi connectivity index (χ2n) is 5.54. The second kappa shape index (κ2) is 7.74. The molecule has 1 aromatic carbocycles. The molecule has 122 valence electrons. The summed E-state index contributed by atoms with van der Waals surface area (Å²) in [7, 11) is 0. The molecule has 1 aliphatic rings. The molecule has 1 unspecified atom stereocenters. The molecule has 0 saturated carbocycles. The molecule has 2 atom stereocenters. The third kappa shape index (κ3) is 4.79. The van der Waals surface area contributed by atoms with Crippen molar-refractivity contribution in [3.63, 3.8) is 0 Å². The van der Waals surface area contributed by atoms with E-state index in [1.165, 1.54) is 12.1 Å². The van der Waals surface area contributed by atoms with Crippen LogP contribution in [-0.4, -0.2) is 34.2 Å². The van der Waals surface area contributed by atoms with Crippen LogP contribution in [0.25, 0.3) is 0 Å². The highest BCUT2D eigenvalue weighted by Crippen LogP contribution is 2.24. The minimum atomic E-state index is -0.679. The monoisotopic (exact) mass is 316 g/mol. The number of cyclic esters (lactones) is 1. The zero-order valence-electron chi connectivity index (χ0n) is 12.9. The number of hydrogen-bond acceptors (Lipinski definition) is 5. The van der Waals surface area contributed by atoms with Crippen LogP contribution in [0.5, 0.6) is 5.75 Å². The van der Waals surface area contributed by atoms with Crippen LogP contribution in [-0.2, 0) is 16.0 Å². The fraction of sp³-hybridized carbons (Fsp3) is 0.333. The number of hydrogen-bond donors (Lipinski definition) is 2. The number of ketones is 1. The summed E-state index contributed by atoms with van der Waals surface area (Å²) in [6.45, 7) is 1.73. The van der Waals surface area contributed by atoms with Crippen molar-refractivity contribution in [1.29, 1.82) is 0 Å². The zero-order valence-corrected chi connectivity index (χ0v) is 12.9. The lowest BCUT2D eigenvalue weighted by Gasteiger charge is -2.15. The van der Waals surface area contributed by atoms with Crippen molar-refractivity contribution < 1.29 is 24.5 Å². The second-order valence-corrected chi connectivity index (χ2v) is 5.54. The number of ether oxygens (including phenoxy) is 1. The first-order valence-electron chi connectivity index (χ1n) is 7.53. The summed E-state index contributed by atoms with van der Waals surface area (Å²) < 4.78 is 5.31. The van der Waals surface area contributed by atoms with Crippen molar-refractivity contribution in [3.8, 4) is 5.75 Å². The van der Waals surface area contributed by atoms with Crippen molar-refractivity contribution in [2.75, 3.05) is 0 Å². The molecular weight excluding hydrogens is 296 g/mol. The van der Waals surface area contributed by atoms with E-state index in [1.807, 2.05) is 0 Å². The van der Waals surface area contributed by atoms with Crippen molar-refractivity contribution in [3.05, 3.63) is 53.6 Å². The predicted octanol–water partition coefficient (Wildman–Crippen LogP) is 2.32. The Morgan fingerprint density at radius 3 is 2.74 bits per heavy atom. The van der Waals surface area contributed by atoms with Gasteiger partial charge >= 0.3 is 5.97 Å². The summed E-state index contributed by atoms with van der Waals surface area (Å²) in [6, 6.07) is 4.59. The lowest BCUT2D eigenvalue weighted by atomic mass is 10.0. The number of aliphatic hydroxyl groups excluding tert-OH is 1. The first-order valence-corrected chi connectivity index (χ1v) is 7.53. The molecule has 0 aromatic heterocycles. The van der Waals surface area contributed by atoms with Crippen molar-refractivity contribution in [2.24, 2.45) is 0 Å². The average Bonchev–Trinajstić information content (AvgIpc) is 2.46. The molecule has 0 radical (unpaired) electrons. The van der Waals surface area contributed by atoms with Crippen LogP contribution in [0, 0.1) is 0 Å². The summed E-state index contributed by atoms with van der Waals surface area (Å²) in [4.78, 5) is 24.3. The Labute approximate surface area is 134 Å². The summed E-state index contributed by atoms with van der Waals surface area (Å²) in [6.07, 6.45) is 6.01. The zero-order chi connectivity index (χ0) is 16.8. The quantitative estimate of drug-likeness (QED) is 0.567. The molecule has 1 heterocycles. The van der Waals surface area contributed by atoms with Gasteiger partial charge in [-0.3, -0.25) is 4.79 Å². The maximum atomic E-state index is 12.3. The van der Waals surface area contributed by atoms with Gasteiger partial charge in [-0.1, -0.05) is 30.4 Å². The molecule has 0 fully saturated rings. The minimum absolute atomic E-state index is 0.0182. The van der Waals surface area contributed by atoms with E-state index in [-0.39, 0.29) is 23.5 Å². The Hall–Kier alpha value is -2.40. The number of benzene rings is 1. The Morgan fingerprint density at radius 2 is 1.96 bits per heavy atom. The third-order valence-electron chi connectivity index (χ3n) is 3.51. The molecule has 5 nitrogen and oxygen atoms in total. The van der Waals surface area contributed by atoms with Crippen molar-refractivity contribution in [1.82, 2.24) is 0 Å². The van der Waals surface area contributed by atoms with Gasteiger partial charge in [0.25, 0.3) is 0 Å². The van der Waals surface area contributed by atoms with Gasteiger partial charge in [-0.25, -0.2) is 4.79 Å². The highest BCUT2D eigenvalue weighted by molar-refractivity contribution is 5.98. The molecule has 0 saturated heterocycles. The van der Waals surface area contributed by atoms with Crippen LogP contribution < -0.4 is 0 Å². The van der Waals surface area contributed by atoms with Gasteiger partial charge in [-0.05, 0) is 31.1 Å². The molecule has 23 heavy (non-hydrogen) atoms. The van der Waals surface area contributed by atoms with Crippen LogP contribution in [0.4, 0.5) is 0 Å². The molecule has 2 rings (SSSR count). The Kier molecular flexibility index (Phi) is 5.71. The summed E-state index contributed by atoms with van der Waals surface area (Å²) >= 11 is 0. The molecule has 1 aliphatic heterocycles. The number of phenols is 1. The first kappa shape index (κ1) is 17.0. The number of fused-ring (bicyclic) bond motifs is 1. The summed E-state index contributed by atoms with van der Waals surface area (Å²) in [5.41, 5.74) is 0.451. The SMILES string of the molecule is C[C@H]1C/C=C/C(O)C/C=C/C(=O)Cc2cccc(O)c2C(=O)O1. The van der Waals surface area contributed by atoms with Crippen LogP contribution in [0.2, 0.25) is 0 Å². The van der Waals surface area contributed by atoms with E-state index in [4.69, 9.17) is 4.74 Å². The molecule has 0 spiro atoms. The highest BCUT2D eigenvalue weighted by atomic mass is 16.5. The average molecular weight is 316 g/mol. The Morgan fingerprint density at radius 1 is 1.17 bits per heavy atom. The van der Waals surface area contributed by atoms with Gasteiger partial charge < -0.3 is 14.9 Å². The lowest BCUT2D eigenvalue weighted by molar-refractivity contribution is -0.114. The van der Waals surface area contributed by atoms with Crippen LogP contribution >= 0.6 is 0 Å². The van der Waals surface area contributed by atoms with Gasteiger partial charge in [0.15, 0.2) is 5.78 Å². The van der Waals surface area contributed by atoms with Gasteiger partial charge in [-0.15, -0.1) is 0 Å². The normalized spacial score (nSPS) is 25.8. The number of carbonyl (C=O) groups is 2. The summed E-state index contributed by atoms with van der Waals surface area (Å²) in [5, 5.41) is 19.7. The van der Waals surface area contributed by atoms with E-state index in [0.717, 1.165) is 0 Å². The van der Waals surface area contributed by atoms with Crippen LogP contribution in [0.15, 0.2) is 42.5 Å². The minimum Gasteiger partial charge on any atom is -0.507 e. The number of aliphatic hydroxyl groups is 1. The molecule has 0 amide bonds. The molecule has 0 aliphatic carbocycles. The fourth-order valence-corrected chi connectivity index (χ4v) is 2.35. The lowest BCUT2D eigenvalue weighted by Crippen LogP contribution is -2.17. The summed E-state index contributed by atoms with van der Waals surface area (Å²) in [5.74, 6) is -1.08. The maximum Gasteiger partial charge on any atom is 0.342 e. The van der Waals surface area contributed by atoms with Gasteiger partial charge in [0, 0.05) is 12.8 Å². The van der Waals surface area contributed by atoms with E-state index >= 15 is 0 Å². The fourth-order valence-electron chi connectivity index (χ4n) is 2.35. The Balaban J connectivity index is 2.35. The Bertz CT molecular complexity index is 645. The standard InChI is InChI=1S/C18H20O5/c1-12-5-2-7-14(19)8-4-9-15(20)11-13-6-3-10-16(21)17(13)18(22)23-12/h2-4,6-7,9-10,12,14,19,21H,5,8,11H2,1H3/b7-2+,9-4+/t12-,14?/m0/s1. The number of rotatable bonds is 0. The maximum absolute atomic E-state index is 12.3. The molecule has 5 heteroatoms. The molecular formula is C18H20O5. The van der Waals surface area contributed by atoms with Crippen molar-refractivity contribution >= 4 is 11.8 Å². The highest BCUT2D eigenvalue weighted by Gasteiger charge is 2.20. The van der Waals surface area contributed by atoms with E-state index in [1.54, 1.807) is 37.3 Å². The van der Waals surface area contributed by atoms with Crippen LogP contribution in [0.1, 0.15) is 35.7 Å². The molecule has 2 N–H and O–H groups in total. The van der Waals surface area contributed by atoms with Crippen LogP contribution in [0.3, 0.4) is 0 Å². The van der Waals surface area contributed by atoms with Crippen molar-refractivity contribution in [2.45, 2.75) is 38.4 Å². The van der Waals surface area contributed by atoms with E-state index in [0.29, 0.717) is 18.4 Å². The van der Waals surface area contributed by atoms with Gasteiger partial charge in [-0.2, -0.15) is 0 Å². The van der Waals surface area contributed by atoms with E-state index in [2.05, 4.69) is 0 Å². The van der Waals surface area contributed by atoms with Gasteiger partial charge in [0.2, 0.25) is 0 Å². The van der Waals surface area contributed by atoms with Gasteiger partial charge in [0.1, 0.15) is 17.4 Å². The smallest absolute Gasteiger partial charge is 0.342 e. The van der Waals surface area contributed by atoms with Gasteiger partial charge in [0.05, 0.1) is 6.10 Å². The van der Waals surface area contributed by atoms with E-state index in [9.17, 15) is 19.8 Å². The number of phenolic OH excluding ortho intramolecular Hbond substituents is 1. The topological polar surface area (TPSA) is 83.8 Å². The third-order valence-corrected chi connectivity index (χ3v) is 3.51. The largest absolute Gasteiger partial charge is 0.507 e.